The van der Waals surface area contributed by atoms with Gasteiger partial charge in [0.15, 0.2) is 0 Å². The van der Waals surface area contributed by atoms with Gasteiger partial charge in [-0.25, -0.2) is 0 Å². The first-order valence-electron chi connectivity index (χ1n) is 6.58. The van der Waals surface area contributed by atoms with Gasteiger partial charge in [0.25, 0.3) is 0 Å². The van der Waals surface area contributed by atoms with E-state index in [2.05, 4.69) is 10.6 Å². The van der Waals surface area contributed by atoms with Gasteiger partial charge in [0.2, 0.25) is 5.91 Å². The Morgan fingerprint density at radius 3 is 2.44 bits per heavy atom. The summed E-state index contributed by atoms with van der Waals surface area (Å²) in [5.41, 5.74) is 0. The normalized spacial score (nSPS) is 10.6. The highest BCUT2D eigenvalue weighted by Gasteiger charge is 1.99. The van der Waals surface area contributed by atoms with Crippen molar-refractivity contribution in [1.29, 1.82) is 0 Å². The van der Waals surface area contributed by atoms with Crippen LogP contribution in [-0.2, 0) is 9.53 Å². The van der Waals surface area contributed by atoms with Gasteiger partial charge in [-0.2, -0.15) is 0 Å². The van der Waals surface area contributed by atoms with Crippen molar-refractivity contribution in [3.8, 4) is 0 Å². The standard InChI is InChI=1S/C12H26N2O4/c15-8-3-6-13-11-18-10-2-1-5-12(17)14-7-4-9-16/h13,15-16H,1-11H2,(H,14,17). The Morgan fingerprint density at radius 1 is 1.00 bits per heavy atom. The second-order valence-corrected chi connectivity index (χ2v) is 4.01. The van der Waals surface area contributed by atoms with Crippen molar-refractivity contribution in [1.82, 2.24) is 10.6 Å². The summed E-state index contributed by atoms with van der Waals surface area (Å²) in [5, 5.41) is 22.8. The molecule has 0 bridgehead atoms. The molecule has 0 aliphatic rings. The summed E-state index contributed by atoms with van der Waals surface area (Å²) < 4.78 is 5.30. The van der Waals surface area contributed by atoms with Crippen LogP contribution in [0.1, 0.15) is 32.1 Å². The van der Waals surface area contributed by atoms with E-state index < -0.39 is 0 Å². The number of aliphatic hydroxyl groups excluding tert-OH is 2. The molecule has 0 aliphatic heterocycles. The van der Waals surface area contributed by atoms with Crippen LogP contribution in [0.15, 0.2) is 0 Å². The number of ether oxygens (including phenoxy) is 1. The Morgan fingerprint density at radius 2 is 1.72 bits per heavy atom. The molecular weight excluding hydrogens is 236 g/mol. The van der Waals surface area contributed by atoms with E-state index >= 15 is 0 Å². The van der Waals surface area contributed by atoms with Gasteiger partial charge in [-0.15, -0.1) is 0 Å². The third-order valence-corrected chi connectivity index (χ3v) is 2.32. The molecule has 108 valence electrons. The van der Waals surface area contributed by atoms with E-state index in [4.69, 9.17) is 14.9 Å². The summed E-state index contributed by atoms with van der Waals surface area (Å²) in [6.45, 7) is 2.72. The highest BCUT2D eigenvalue weighted by molar-refractivity contribution is 5.75. The molecular formula is C12H26N2O4. The number of aliphatic hydroxyl groups is 2. The molecule has 0 aromatic rings. The second-order valence-electron chi connectivity index (χ2n) is 4.01. The van der Waals surface area contributed by atoms with E-state index in [1.807, 2.05) is 0 Å². The fraction of sp³-hybridized carbons (Fsp3) is 0.917. The zero-order chi connectivity index (χ0) is 13.5. The van der Waals surface area contributed by atoms with Crippen molar-refractivity contribution in [3.05, 3.63) is 0 Å². The summed E-state index contributed by atoms with van der Waals surface area (Å²) in [5.74, 6) is 0.0320. The monoisotopic (exact) mass is 262 g/mol. The van der Waals surface area contributed by atoms with E-state index in [9.17, 15) is 4.79 Å². The lowest BCUT2D eigenvalue weighted by Gasteiger charge is -2.06. The number of carbonyl (C=O) groups excluding carboxylic acids is 1. The van der Waals surface area contributed by atoms with E-state index in [1.165, 1.54) is 0 Å². The number of hydrogen-bond donors (Lipinski definition) is 4. The first-order chi connectivity index (χ1) is 8.81. The Balaban J connectivity index is 3.08. The van der Waals surface area contributed by atoms with Crippen LogP contribution in [0.5, 0.6) is 0 Å². The largest absolute Gasteiger partial charge is 0.396 e. The number of amides is 1. The predicted molar refractivity (Wildman–Crippen MR) is 69.1 cm³/mol. The Kier molecular flexibility index (Phi) is 13.8. The van der Waals surface area contributed by atoms with Gasteiger partial charge in [0.05, 0.1) is 6.73 Å². The van der Waals surface area contributed by atoms with Crippen molar-refractivity contribution in [2.75, 3.05) is 39.6 Å². The summed E-state index contributed by atoms with van der Waals surface area (Å²) in [7, 11) is 0. The lowest BCUT2D eigenvalue weighted by atomic mass is 10.2. The van der Waals surface area contributed by atoms with Gasteiger partial charge >= 0.3 is 0 Å². The van der Waals surface area contributed by atoms with Crippen LogP contribution in [0, 0.1) is 0 Å². The van der Waals surface area contributed by atoms with Crippen molar-refractivity contribution < 1.29 is 19.7 Å². The SMILES string of the molecule is O=C(CCCCOCNCCCO)NCCCO. The van der Waals surface area contributed by atoms with Gasteiger partial charge in [-0.05, 0) is 32.2 Å². The molecule has 0 aliphatic carbocycles. The molecule has 0 spiro atoms. The minimum atomic E-state index is 0.0320. The molecule has 0 fully saturated rings. The predicted octanol–water partition coefficient (Wildman–Crippen LogP) is -0.399. The molecule has 0 atom stereocenters. The van der Waals surface area contributed by atoms with Crippen molar-refractivity contribution in [3.63, 3.8) is 0 Å². The molecule has 0 saturated carbocycles. The molecule has 18 heavy (non-hydrogen) atoms. The van der Waals surface area contributed by atoms with Crippen LogP contribution in [0.25, 0.3) is 0 Å². The zero-order valence-electron chi connectivity index (χ0n) is 11.0. The maximum atomic E-state index is 11.3. The summed E-state index contributed by atoms with van der Waals surface area (Å²) in [4.78, 5) is 11.3. The molecule has 0 heterocycles. The molecule has 0 rings (SSSR count). The number of hydrogen-bond acceptors (Lipinski definition) is 5. The Hall–Kier alpha value is -0.690. The Bertz CT molecular complexity index is 191. The van der Waals surface area contributed by atoms with Gasteiger partial charge in [0, 0.05) is 32.8 Å². The fourth-order valence-electron chi connectivity index (χ4n) is 1.31. The topological polar surface area (TPSA) is 90.8 Å². The van der Waals surface area contributed by atoms with E-state index in [-0.39, 0.29) is 19.1 Å². The average molecular weight is 262 g/mol. The highest BCUT2D eigenvalue weighted by Crippen LogP contribution is 1.95. The minimum absolute atomic E-state index is 0.0320. The number of nitrogens with one attached hydrogen (secondary N) is 2. The minimum Gasteiger partial charge on any atom is -0.396 e. The van der Waals surface area contributed by atoms with Crippen molar-refractivity contribution >= 4 is 5.91 Å². The van der Waals surface area contributed by atoms with Crippen LogP contribution < -0.4 is 10.6 Å². The average Bonchev–Trinajstić information content (AvgIpc) is 2.37. The van der Waals surface area contributed by atoms with Gasteiger partial charge < -0.3 is 20.3 Å². The highest BCUT2D eigenvalue weighted by atomic mass is 16.5. The number of carbonyl (C=O) groups is 1. The fourth-order valence-corrected chi connectivity index (χ4v) is 1.31. The first-order valence-corrected chi connectivity index (χ1v) is 6.58. The maximum Gasteiger partial charge on any atom is 0.219 e. The van der Waals surface area contributed by atoms with Crippen LogP contribution in [-0.4, -0.2) is 55.8 Å². The zero-order valence-corrected chi connectivity index (χ0v) is 11.0. The molecule has 1 amide bonds. The quantitative estimate of drug-likeness (QED) is 0.268. The molecule has 6 nitrogen and oxygen atoms in total. The molecule has 0 unspecified atom stereocenters. The van der Waals surface area contributed by atoms with Crippen LogP contribution in [0.3, 0.4) is 0 Å². The third-order valence-electron chi connectivity index (χ3n) is 2.32. The molecule has 0 aromatic carbocycles. The van der Waals surface area contributed by atoms with Gasteiger partial charge in [-0.1, -0.05) is 0 Å². The van der Waals surface area contributed by atoms with Crippen LogP contribution in [0.4, 0.5) is 0 Å². The summed E-state index contributed by atoms with van der Waals surface area (Å²) in [6, 6.07) is 0. The van der Waals surface area contributed by atoms with E-state index in [1.54, 1.807) is 0 Å². The van der Waals surface area contributed by atoms with Crippen molar-refractivity contribution in [2.24, 2.45) is 0 Å². The number of rotatable bonds is 13. The molecule has 0 saturated heterocycles. The van der Waals surface area contributed by atoms with Crippen LogP contribution in [0.2, 0.25) is 0 Å². The smallest absolute Gasteiger partial charge is 0.219 e. The van der Waals surface area contributed by atoms with E-state index in [0.29, 0.717) is 32.7 Å². The van der Waals surface area contributed by atoms with E-state index in [0.717, 1.165) is 25.8 Å². The lowest BCUT2D eigenvalue weighted by molar-refractivity contribution is -0.121. The van der Waals surface area contributed by atoms with Gasteiger partial charge in [-0.3, -0.25) is 10.1 Å². The lowest BCUT2D eigenvalue weighted by Crippen LogP contribution is -2.24. The van der Waals surface area contributed by atoms with Crippen molar-refractivity contribution in [2.45, 2.75) is 32.1 Å². The van der Waals surface area contributed by atoms with Crippen LogP contribution >= 0.6 is 0 Å². The third kappa shape index (κ3) is 13.4. The molecule has 6 heteroatoms. The maximum absolute atomic E-state index is 11.3. The van der Waals surface area contributed by atoms with Gasteiger partial charge in [0.1, 0.15) is 0 Å². The molecule has 0 radical (unpaired) electrons. The number of unbranched alkanes of at least 4 members (excludes halogenated alkanes) is 1. The second kappa shape index (κ2) is 14.4. The summed E-state index contributed by atoms with van der Waals surface area (Å²) >= 11 is 0. The molecule has 0 aromatic heterocycles. The summed E-state index contributed by atoms with van der Waals surface area (Å²) in [6.07, 6.45) is 3.51. The first kappa shape index (κ1) is 17.3. The Labute approximate surface area is 109 Å². The molecule has 4 N–H and O–H groups in total.